The second-order valence-electron chi connectivity index (χ2n) is 5.85. The molecule has 0 bridgehead atoms. The number of aryl methyl sites for hydroxylation is 2. The van der Waals surface area contributed by atoms with Crippen molar-refractivity contribution in [3.63, 3.8) is 0 Å². The van der Waals surface area contributed by atoms with Crippen molar-refractivity contribution in [2.24, 2.45) is 0 Å². The highest BCUT2D eigenvalue weighted by Gasteiger charge is 1.93. The maximum atomic E-state index is 4.44. The normalized spacial score (nSPS) is 11.4. The smallest absolute Gasteiger partial charge is 0.0813 e. The van der Waals surface area contributed by atoms with Crippen molar-refractivity contribution in [3.8, 4) is 0 Å². The standard InChI is InChI=1S/C22H20N2/c1-17-3-7-19(8-4-17)11-13-21-15-24-22(16-23-21)14-12-20-9-5-18(2)6-10-20/h3-16H,1-2H3/b13-11+,14-12+. The molecule has 3 rings (SSSR count). The van der Waals surface area contributed by atoms with Crippen LogP contribution in [0.1, 0.15) is 33.6 Å². The van der Waals surface area contributed by atoms with Crippen molar-refractivity contribution in [2.45, 2.75) is 13.8 Å². The summed E-state index contributed by atoms with van der Waals surface area (Å²) in [5.74, 6) is 0. The van der Waals surface area contributed by atoms with Gasteiger partial charge in [0.1, 0.15) is 0 Å². The van der Waals surface area contributed by atoms with Gasteiger partial charge in [0.25, 0.3) is 0 Å². The van der Waals surface area contributed by atoms with Gasteiger partial charge < -0.3 is 0 Å². The average molecular weight is 312 g/mol. The second kappa shape index (κ2) is 7.51. The largest absolute Gasteiger partial charge is 0.253 e. The number of nitrogens with zero attached hydrogens (tertiary/aromatic N) is 2. The molecule has 3 aromatic rings. The predicted molar refractivity (Wildman–Crippen MR) is 102 cm³/mol. The van der Waals surface area contributed by atoms with Gasteiger partial charge in [-0.1, -0.05) is 71.8 Å². The Labute approximate surface area is 143 Å². The van der Waals surface area contributed by atoms with E-state index < -0.39 is 0 Å². The van der Waals surface area contributed by atoms with Gasteiger partial charge in [0.05, 0.1) is 23.8 Å². The van der Waals surface area contributed by atoms with Crippen molar-refractivity contribution in [1.82, 2.24) is 9.97 Å². The van der Waals surface area contributed by atoms with Crippen LogP contribution in [0.4, 0.5) is 0 Å². The van der Waals surface area contributed by atoms with Crippen molar-refractivity contribution < 1.29 is 0 Å². The van der Waals surface area contributed by atoms with Crippen LogP contribution in [0.5, 0.6) is 0 Å². The zero-order valence-electron chi connectivity index (χ0n) is 14.0. The molecule has 118 valence electrons. The predicted octanol–water partition coefficient (Wildman–Crippen LogP) is 5.43. The van der Waals surface area contributed by atoms with Crippen LogP contribution < -0.4 is 0 Å². The monoisotopic (exact) mass is 312 g/mol. The van der Waals surface area contributed by atoms with Crippen LogP contribution in [-0.4, -0.2) is 9.97 Å². The molecule has 0 fully saturated rings. The molecule has 0 amide bonds. The molecule has 0 spiro atoms. The van der Waals surface area contributed by atoms with Crippen LogP contribution in [0.3, 0.4) is 0 Å². The maximum Gasteiger partial charge on any atom is 0.0813 e. The Balaban J connectivity index is 1.66. The first-order valence-electron chi connectivity index (χ1n) is 8.01. The first-order chi connectivity index (χ1) is 11.7. The summed E-state index contributed by atoms with van der Waals surface area (Å²) in [5, 5.41) is 0. The van der Waals surface area contributed by atoms with Gasteiger partial charge in [-0.3, -0.25) is 9.97 Å². The first-order valence-corrected chi connectivity index (χ1v) is 8.01. The Morgan fingerprint density at radius 1 is 0.542 bits per heavy atom. The lowest BCUT2D eigenvalue weighted by molar-refractivity contribution is 1.16. The van der Waals surface area contributed by atoms with E-state index in [1.807, 2.05) is 24.3 Å². The fourth-order valence-corrected chi connectivity index (χ4v) is 2.24. The first kappa shape index (κ1) is 15.9. The topological polar surface area (TPSA) is 25.8 Å². The quantitative estimate of drug-likeness (QED) is 0.641. The van der Waals surface area contributed by atoms with E-state index in [1.54, 1.807) is 12.4 Å². The number of hydrogen-bond acceptors (Lipinski definition) is 2. The summed E-state index contributed by atoms with van der Waals surface area (Å²) in [4.78, 5) is 8.87. The maximum absolute atomic E-state index is 4.44. The molecule has 0 aliphatic rings. The molecule has 1 aromatic heterocycles. The molecule has 0 aliphatic carbocycles. The highest BCUT2D eigenvalue weighted by molar-refractivity contribution is 5.69. The van der Waals surface area contributed by atoms with Gasteiger partial charge in [0, 0.05) is 0 Å². The van der Waals surface area contributed by atoms with Crippen LogP contribution in [0, 0.1) is 13.8 Å². The molecule has 2 nitrogen and oxygen atoms in total. The zero-order valence-corrected chi connectivity index (χ0v) is 14.0. The summed E-state index contributed by atoms with van der Waals surface area (Å²) in [6.07, 6.45) is 11.6. The third kappa shape index (κ3) is 4.50. The molecule has 0 N–H and O–H groups in total. The molecule has 0 aliphatic heterocycles. The number of rotatable bonds is 4. The van der Waals surface area contributed by atoms with E-state index in [1.165, 1.54) is 11.1 Å². The van der Waals surface area contributed by atoms with Crippen molar-refractivity contribution in [1.29, 1.82) is 0 Å². The molecular weight excluding hydrogens is 292 g/mol. The summed E-state index contributed by atoms with van der Waals surface area (Å²) < 4.78 is 0. The van der Waals surface area contributed by atoms with Crippen molar-refractivity contribution in [3.05, 3.63) is 94.6 Å². The molecular formula is C22H20N2. The van der Waals surface area contributed by atoms with Gasteiger partial charge in [-0.05, 0) is 37.1 Å². The molecule has 0 atom stereocenters. The molecule has 2 heteroatoms. The van der Waals surface area contributed by atoms with Crippen molar-refractivity contribution in [2.75, 3.05) is 0 Å². The van der Waals surface area contributed by atoms with E-state index in [0.717, 1.165) is 22.5 Å². The van der Waals surface area contributed by atoms with Gasteiger partial charge in [-0.2, -0.15) is 0 Å². The summed E-state index contributed by atoms with van der Waals surface area (Å²) in [5.41, 5.74) is 6.54. The fraction of sp³-hybridized carbons (Fsp3) is 0.0909. The summed E-state index contributed by atoms with van der Waals surface area (Å²) in [6.45, 7) is 4.17. The van der Waals surface area contributed by atoms with E-state index in [0.29, 0.717) is 0 Å². The highest BCUT2D eigenvalue weighted by atomic mass is 14.8. The zero-order chi connectivity index (χ0) is 16.8. The minimum Gasteiger partial charge on any atom is -0.253 e. The lowest BCUT2D eigenvalue weighted by atomic mass is 10.1. The van der Waals surface area contributed by atoms with Gasteiger partial charge in [0.2, 0.25) is 0 Å². The molecule has 24 heavy (non-hydrogen) atoms. The van der Waals surface area contributed by atoms with E-state index in [4.69, 9.17) is 0 Å². The SMILES string of the molecule is Cc1ccc(/C=C/c2cnc(/C=C/c3ccc(C)cc3)cn2)cc1. The Hall–Kier alpha value is -3.00. The molecule has 0 radical (unpaired) electrons. The third-order valence-corrected chi connectivity index (χ3v) is 3.74. The Morgan fingerprint density at radius 3 is 1.25 bits per heavy atom. The Kier molecular flexibility index (Phi) is 4.97. The molecule has 0 unspecified atom stereocenters. The lowest BCUT2D eigenvalue weighted by Crippen LogP contribution is -1.86. The minimum atomic E-state index is 0.850. The van der Waals surface area contributed by atoms with Crippen LogP contribution in [0.25, 0.3) is 24.3 Å². The van der Waals surface area contributed by atoms with Crippen LogP contribution >= 0.6 is 0 Å². The van der Waals surface area contributed by atoms with Crippen LogP contribution in [0.2, 0.25) is 0 Å². The summed E-state index contributed by atoms with van der Waals surface area (Å²) in [6, 6.07) is 16.8. The molecule has 2 aromatic carbocycles. The molecule has 1 heterocycles. The highest BCUT2D eigenvalue weighted by Crippen LogP contribution is 2.10. The lowest BCUT2D eigenvalue weighted by Gasteiger charge is -1.97. The van der Waals surface area contributed by atoms with Gasteiger partial charge >= 0.3 is 0 Å². The average Bonchev–Trinajstić information content (AvgIpc) is 2.62. The molecule has 0 saturated carbocycles. The second-order valence-corrected chi connectivity index (χ2v) is 5.85. The van der Waals surface area contributed by atoms with Crippen molar-refractivity contribution >= 4 is 24.3 Å². The molecule has 0 saturated heterocycles. The fourth-order valence-electron chi connectivity index (χ4n) is 2.24. The van der Waals surface area contributed by atoms with E-state index in [9.17, 15) is 0 Å². The van der Waals surface area contributed by atoms with Gasteiger partial charge in [0.15, 0.2) is 0 Å². The Morgan fingerprint density at radius 2 is 0.917 bits per heavy atom. The third-order valence-electron chi connectivity index (χ3n) is 3.74. The van der Waals surface area contributed by atoms with Gasteiger partial charge in [-0.15, -0.1) is 0 Å². The minimum absolute atomic E-state index is 0.850. The van der Waals surface area contributed by atoms with Gasteiger partial charge in [-0.25, -0.2) is 0 Å². The summed E-state index contributed by atoms with van der Waals surface area (Å²) >= 11 is 0. The van der Waals surface area contributed by atoms with E-state index in [2.05, 4.69) is 72.3 Å². The van der Waals surface area contributed by atoms with E-state index >= 15 is 0 Å². The Bertz CT molecular complexity index is 765. The number of hydrogen-bond donors (Lipinski definition) is 0. The van der Waals surface area contributed by atoms with Crippen LogP contribution in [-0.2, 0) is 0 Å². The summed E-state index contributed by atoms with van der Waals surface area (Å²) in [7, 11) is 0. The number of aromatic nitrogens is 2. The van der Waals surface area contributed by atoms with Crippen LogP contribution in [0.15, 0.2) is 60.9 Å². The van der Waals surface area contributed by atoms with E-state index in [-0.39, 0.29) is 0 Å². The number of benzene rings is 2.